The minimum absolute atomic E-state index is 0.0507. The van der Waals surface area contributed by atoms with Crippen LogP contribution in [0.5, 0.6) is 0 Å². The molecule has 1 aromatic carbocycles. The molecule has 0 aliphatic carbocycles. The minimum atomic E-state index is -1.00. The van der Waals surface area contributed by atoms with Crippen molar-refractivity contribution in [2.24, 2.45) is 0 Å². The molecule has 2 N–H and O–H groups in total. The van der Waals surface area contributed by atoms with Gasteiger partial charge in [0.1, 0.15) is 0 Å². The van der Waals surface area contributed by atoms with Crippen LogP contribution in [-0.4, -0.2) is 40.5 Å². The lowest BCUT2D eigenvalue weighted by atomic mass is 10.2. The van der Waals surface area contributed by atoms with Crippen LogP contribution in [-0.2, 0) is 4.79 Å². The topological polar surface area (TPSA) is 113 Å². The number of nitro benzene ring substituents is 1. The van der Waals surface area contributed by atoms with E-state index >= 15 is 0 Å². The number of benzene rings is 1. The number of nitrogens with one attached hydrogen (secondary N) is 1. The van der Waals surface area contributed by atoms with Crippen LogP contribution in [0.1, 0.15) is 12.0 Å². The maximum atomic E-state index is 11.7. The Morgan fingerprint density at radius 3 is 2.65 bits per heavy atom. The molecule has 1 rings (SSSR count). The highest BCUT2D eigenvalue weighted by molar-refractivity contribution is 5.89. The summed E-state index contributed by atoms with van der Waals surface area (Å²) in [5, 5.41) is 21.8. The van der Waals surface area contributed by atoms with Gasteiger partial charge in [-0.15, -0.1) is 0 Å². The van der Waals surface area contributed by atoms with E-state index in [0.29, 0.717) is 5.56 Å². The average molecular weight is 281 g/mol. The van der Waals surface area contributed by atoms with Crippen LogP contribution in [0.25, 0.3) is 0 Å². The second-order valence-electron chi connectivity index (χ2n) is 4.25. The molecule has 1 aromatic rings. The van der Waals surface area contributed by atoms with Crippen LogP contribution in [0.15, 0.2) is 18.2 Å². The van der Waals surface area contributed by atoms with Crippen molar-refractivity contribution in [3.63, 3.8) is 0 Å². The molecule has 0 saturated heterocycles. The van der Waals surface area contributed by atoms with Crippen molar-refractivity contribution in [1.29, 1.82) is 0 Å². The number of aryl methyl sites for hydroxylation is 1. The SMILES string of the molecule is Cc1ccc(NC(=O)N(C)CCC(=O)O)cc1[N+](=O)[O-]. The molecule has 0 unspecified atom stereocenters. The number of hydrogen-bond acceptors (Lipinski definition) is 4. The molecule has 0 heterocycles. The summed E-state index contributed by atoms with van der Waals surface area (Å²) in [6.07, 6.45) is -0.169. The number of nitro groups is 1. The molecular weight excluding hydrogens is 266 g/mol. The van der Waals surface area contributed by atoms with E-state index < -0.39 is 16.9 Å². The van der Waals surface area contributed by atoms with Gasteiger partial charge in [-0.1, -0.05) is 6.07 Å². The van der Waals surface area contributed by atoms with Crippen molar-refractivity contribution in [3.05, 3.63) is 33.9 Å². The van der Waals surface area contributed by atoms with E-state index in [-0.39, 0.29) is 24.3 Å². The molecule has 8 nitrogen and oxygen atoms in total. The normalized spacial score (nSPS) is 9.90. The number of carbonyl (C=O) groups is 2. The highest BCUT2D eigenvalue weighted by atomic mass is 16.6. The minimum Gasteiger partial charge on any atom is -0.481 e. The zero-order valence-electron chi connectivity index (χ0n) is 11.1. The maximum absolute atomic E-state index is 11.7. The third-order valence-corrected chi connectivity index (χ3v) is 2.66. The summed E-state index contributed by atoms with van der Waals surface area (Å²) in [7, 11) is 1.45. The Morgan fingerprint density at radius 1 is 1.45 bits per heavy atom. The number of rotatable bonds is 5. The highest BCUT2D eigenvalue weighted by Crippen LogP contribution is 2.22. The molecule has 0 bridgehead atoms. The van der Waals surface area contributed by atoms with Gasteiger partial charge in [0.25, 0.3) is 5.69 Å². The van der Waals surface area contributed by atoms with Gasteiger partial charge >= 0.3 is 12.0 Å². The first-order valence-electron chi connectivity index (χ1n) is 5.80. The molecular formula is C12H15N3O5. The summed E-state index contributed by atoms with van der Waals surface area (Å²) >= 11 is 0. The van der Waals surface area contributed by atoms with Gasteiger partial charge < -0.3 is 15.3 Å². The van der Waals surface area contributed by atoms with Gasteiger partial charge in [-0.3, -0.25) is 14.9 Å². The molecule has 0 spiro atoms. The second-order valence-corrected chi connectivity index (χ2v) is 4.25. The number of nitrogens with zero attached hydrogens (tertiary/aromatic N) is 2. The van der Waals surface area contributed by atoms with Crippen molar-refractivity contribution in [2.45, 2.75) is 13.3 Å². The lowest BCUT2D eigenvalue weighted by molar-refractivity contribution is -0.385. The van der Waals surface area contributed by atoms with Gasteiger partial charge in [0, 0.05) is 30.9 Å². The summed E-state index contributed by atoms with van der Waals surface area (Å²) in [5.74, 6) is -1.00. The van der Waals surface area contributed by atoms with Gasteiger partial charge in [-0.2, -0.15) is 0 Å². The zero-order valence-corrected chi connectivity index (χ0v) is 11.1. The van der Waals surface area contributed by atoms with Crippen LogP contribution < -0.4 is 5.32 Å². The quantitative estimate of drug-likeness (QED) is 0.631. The standard InChI is InChI=1S/C12H15N3O5/c1-8-3-4-9(7-10(8)15(19)20)13-12(18)14(2)6-5-11(16)17/h3-4,7H,5-6H2,1-2H3,(H,13,18)(H,16,17). The Bertz CT molecular complexity index is 544. The van der Waals surface area contributed by atoms with Crippen LogP contribution in [0, 0.1) is 17.0 Å². The average Bonchev–Trinajstić information content (AvgIpc) is 2.37. The molecule has 0 aromatic heterocycles. The third-order valence-electron chi connectivity index (χ3n) is 2.66. The van der Waals surface area contributed by atoms with Gasteiger partial charge in [-0.25, -0.2) is 4.79 Å². The van der Waals surface area contributed by atoms with Gasteiger partial charge in [0.2, 0.25) is 0 Å². The molecule has 0 radical (unpaired) electrons. The molecule has 108 valence electrons. The van der Waals surface area contributed by atoms with Crippen molar-refractivity contribution < 1.29 is 19.6 Å². The third kappa shape index (κ3) is 4.23. The zero-order chi connectivity index (χ0) is 15.3. The molecule has 0 aliphatic rings. The van der Waals surface area contributed by atoms with E-state index in [1.165, 1.54) is 24.1 Å². The van der Waals surface area contributed by atoms with Crippen LogP contribution in [0.3, 0.4) is 0 Å². The molecule has 0 atom stereocenters. The van der Waals surface area contributed by atoms with E-state index in [9.17, 15) is 19.7 Å². The van der Waals surface area contributed by atoms with Crippen LogP contribution in [0.4, 0.5) is 16.2 Å². The Labute approximate surface area is 115 Å². The fourth-order valence-electron chi connectivity index (χ4n) is 1.47. The maximum Gasteiger partial charge on any atom is 0.321 e. The summed E-state index contributed by atoms with van der Waals surface area (Å²) in [6, 6.07) is 3.82. The molecule has 2 amide bonds. The summed E-state index contributed by atoms with van der Waals surface area (Å²) in [5.41, 5.74) is 0.692. The molecule has 0 saturated carbocycles. The van der Waals surface area contributed by atoms with Crippen LogP contribution >= 0.6 is 0 Å². The van der Waals surface area contributed by atoms with E-state index in [1.807, 2.05) is 0 Å². The number of carboxylic acids is 1. The van der Waals surface area contributed by atoms with E-state index in [4.69, 9.17) is 5.11 Å². The lowest BCUT2D eigenvalue weighted by Gasteiger charge is -2.16. The monoisotopic (exact) mass is 281 g/mol. The summed E-state index contributed by atoms with van der Waals surface area (Å²) in [6.45, 7) is 1.65. The van der Waals surface area contributed by atoms with Crippen molar-refractivity contribution in [3.8, 4) is 0 Å². The molecule has 0 fully saturated rings. The molecule has 8 heteroatoms. The number of carboxylic acid groups (broad SMARTS) is 1. The Balaban J connectivity index is 2.73. The summed E-state index contributed by atoms with van der Waals surface area (Å²) < 4.78 is 0. The van der Waals surface area contributed by atoms with Crippen molar-refractivity contribution in [1.82, 2.24) is 4.90 Å². The smallest absolute Gasteiger partial charge is 0.321 e. The number of aliphatic carboxylic acids is 1. The first-order chi connectivity index (χ1) is 9.31. The number of urea groups is 1. The lowest BCUT2D eigenvalue weighted by Crippen LogP contribution is -2.33. The van der Waals surface area contributed by atoms with Crippen molar-refractivity contribution >= 4 is 23.4 Å². The number of anilines is 1. The van der Waals surface area contributed by atoms with Gasteiger partial charge in [-0.05, 0) is 13.0 Å². The Hall–Kier alpha value is -2.64. The van der Waals surface area contributed by atoms with Crippen LogP contribution in [0.2, 0.25) is 0 Å². The van der Waals surface area contributed by atoms with E-state index in [1.54, 1.807) is 13.0 Å². The van der Waals surface area contributed by atoms with Gasteiger partial charge in [0.15, 0.2) is 0 Å². The summed E-state index contributed by atoms with van der Waals surface area (Å²) in [4.78, 5) is 33.6. The Morgan fingerprint density at radius 2 is 2.10 bits per heavy atom. The van der Waals surface area contributed by atoms with E-state index in [2.05, 4.69) is 5.32 Å². The Kier molecular flexibility index (Phi) is 5.01. The fourth-order valence-corrected chi connectivity index (χ4v) is 1.47. The first kappa shape index (κ1) is 15.4. The second kappa shape index (κ2) is 6.50. The first-order valence-corrected chi connectivity index (χ1v) is 5.80. The predicted molar refractivity (Wildman–Crippen MR) is 71.7 cm³/mol. The fraction of sp³-hybridized carbons (Fsp3) is 0.333. The molecule has 0 aliphatic heterocycles. The predicted octanol–water partition coefficient (Wildman–Crippen LogP) is 1.84. The van der Waals surface area contributed by atoms with Gasteiger partial charge in [0.05, 0.1) is 11.3 Å². The molecule has 20 heavy (non-hydrogen) atoms. The largest absolute Gasteiger partial charge is 0.481 e. The number of amides is 2. The number of hydrogen-bond donors (Lipinski definition) is 2. The van der Waals surface area contributed by atoms with Crippen molar-refractivity contribution in [2.75, 3.05) is 18.9 Å². The number of carbonyl (C=O) groups excluding carboxylic acids is 1. The van der Waals surface area contributed by atoms with E-state index in [0.717, 1.165) is 0 Å². The highest BCUT2D eigenvalue weighted by Gasteiger charge is 2.14.